The van der Waals surface area contributed by atoms with Crippen LogP contribution in [0.25, 0.3) is 11.0 Å². The van der Waals surface area contributed by atoms with Crippen LogP contribution in [0.2, 0.25) is 0 Å². The third-order valence-electron chi connectivity index (χ3n) is 5.13. The molecule has 10 heteroatoms. The molecule has 0 bridgehead atoms. The van der Waals surface area contributed by atoms with Gasteiger partial charge in [0.05, 0.1) is 36.5 Å². The van der Waals surface area contributed by atoms with Crippen LogP contribution in [0.15, 0.2) is 55.4 Å². The van der Waals surface area contributed by atoms with Crippen LogP contribution in [-0.2, 0) is 11.2 Å². The number of hydrogen-bond donors (Lipinski definition) is 2. The Bertz CT molecular complexity index is 1360. The summed E-state index contributed by atoms with van der Waals surface area (Å²) in [4.78, 5) is 37.8. The molecular weight excluding hydrogens is 432 g/mol. The molecule has 3 heterocycles. The third-order valence-corrected chi connectivity index (χ3v) is 5.13. The van der Waals surface area contributed by atoms with E-state index < -0.39 is 17.5 Å². The molecule has 0 spiro atoms. The fourth-order valence-electron chi connectivity index (χ4n) is 3.42. The lowest BCUT2D eigenvalue weighted by atomic mass is 10.1. The summed E-state index contributed by atoms with van der Waals surface area (Å²) in [7, 11) is 0. The fraction of sp³-hybridized carbons (Fsp3) is 0.174. The van der Waals surface area contributed by atoms with E-state index in [0.29, 0.717) is 22.7 Å². The maximum atomic E-state index is 13.8. The molecule has 4 rings (SSSR count). The van der Waals surface area contributed by atoms with Crippen LogP contribution in [0.4, 0.5) is 14.5 Å². The van der Waals surface area contributed by atoms with Gasteiger partial charge in [-0.15, -0.1) is 0 Å². The quantitative estimate of drug-likeness (QED) is 0.418. The van der Waals surface area contributed by atoms with E-state index in [1.807, 2.05) is 0 Å². The fourth-order valence-corrected chi connectivity index (χ4v) is 3.42. The van der Waals surface area contributed by atoms with Crippen LogP contribution in [-0.4, -0.2) is 42.9 Å². The molecule has 0 aliphatic carbocycles. The number of amides is 1. The molecule has 1 aromatic carbocycles. The Balaban J connectivity index is 1.58. The van der Waals surface area contributed by atoms with Crippen LogP contribution in [0, 0.1) is 11.6 Å². The maximum absolute atomic E-state index is 13.8. The van der Waals surface area contributed by atoms with Gasteiger partial charge in [-0.3, -0.25) is 14.6 Å². The number of aliphatic hydroxyl groups excluding tert-OH is 1. The van der Waals surface area contributed by atoms with Gasteiger partial charge < -0.3 is 15.0 Å². The molecular formula is C23H19F2N5O3. The average Bonchev–Trinajstić information content (AvgIpc) is 3.20. The second-order valence-electron chi connectivity index (χ2n) is 7.49. The Kier molecular flexibility index (Phi) is 6.18. The topological polar surface area (TPSA) is 110 Å². The molecule has 0 fully saturated rings. The second-order valence-corrected chi connectivity index (χ2v) is 7.49. The van der Waals surface area contributed by atoms with Gasteiger partial charge in [-0.05, 0) is 24.6 Å². The van der Waals surface area contributed by atoms with E-state index >= 15 is 0 Å². The van der Waals surface area contributed by atoms with Crippen LogP contribution in [0.3, 0.4) is 0 Å². The SMILES string of the molecule is C[C@@H](CO)n1cc(C(=O)c2cncc(NC(=O)Cc3ccc(F)cc3F)c2)c2cncnc21. The number of aliphatic hydroxyl groups is 1. The first-order valence-corrected chi connectivity index (χ1v) is 10.0. The van der Waals surface area contributed by atoms with Crippen molar-refractivity contribution in [1.82, 2.24) is 19.5 Å². The summed E-state index contributed by atoms with van der Waals surface area (Å²) in [5.74, 6) is -2.46. The highest BCUT2D eigenvalue weighted by Gasteiger charge is 2.20. The van der Waals surface area contributed by atoms with Gasteiger partial charge in [-0.25, -0.2) is 18.7 Å². The van der Waals surface area contributed by atoms with Gasteiger partial charge >= 0.3 is 0 Å². The van der Waals surface area contributed by atoms with Gasteiger partial charge in [0.2, 0.25) is 5.91 Å². The lowest BCUT2D eigenvalue weighted by molar-refractivity contribution is -0.115. The van der Waals surface area contributed by atoms with Crippen LogP contribution < -0.4 is 5.32 Å². The Morgan fingerprint density at radius 3 is 2.73 bits per heavy atom. The molecule has 168 valence electrons. The molecule has 33 heavy (non-hydrogen) atoms. The highest BCUT2D eigenvalue weighted by Crippen LogP contribution is 2.25. The second kappa shape index (κ2) is 9.21. The summed E-state index contributed by atoms with van der Waals surface area (Å²) >= 11 is 0. The number of carbonyl (C=O) groups excluding carboxylic acids is 2. The van der Waals surface area contributed by atoms with Crippen molar-refractivity contribution in [2.75, 3.05) is 11.9 Å². The van der Waals surface area contributed by atoms with Crippen molar-refractivity contribution in [3.8, 4) is 0 Å². The number of benzene rings is 1. The Hall–Kier alpha value is -4.05. The lowest BCUT2D eigenvalue weighted by Gasteiger charge is -2.10. The van der Waals surface area contributed by atoms with E-state index in [0.717, 1.165) is 6.07 Å². The Labute approximate surface area is 186 Å². The van der Waals surface area contributed by atoms with E-state index in [-0.39, 0.29) is 41.7 Å². The lowest BCUT2D eigenvalue weighted by Crippen LogP contribution is -2.16. The largest absolute Gasteiger partial charge is 0.394 e. The predicted molar refractivity (Wildman–Crippen MR) is 116 cm³/mol. The standard InChI is InChI=1S/C23H19F2N5O3/c1-13(11-31)30-10-19(18-9-27-12-28-23(18)30)22(33)15-4-17(8-26-7-15)29-21(32)5-14-2-3-16(24)6-20(14)25/h2-4,6-10,12-13,31H,5,11H2,1H3,(H,29,32)/t13-/m0/s1. The van der Waals surface area contributed by atoms with Crippen molar-refractivity contribution in [2.45, 2.75) is 19.4 Å². The van der Waals surface area contributed by atoms with Crippen LogP contribution in [0.1, 0.15) is 34.5 Å². The first-order valence-electron chi connectivity index (χ1n) is 10.0. The summed E-state index contributed by atoms with van der Waals surface area (Å²) in [5.41, 5.74) is 1.33. The van der Waals surface area contributed by atoms with E-state index in [2.05, 4.69) is 20.3 Å². The van der Waals surface area contributed by atoms with Crippen molar-refractivity contribution in [2.24, 2.45) is 0 Å². The highest BCUT2D eigenvalue weighted by molar-refractivity contribution is 6.16. The van der Waals surface area contributed by atoms with Crippen molar-refractivity contribution in [3.63, 3.8) is 0 Å². The first-order chi connectivity index (χ1) is 15.9. The van der Waals surface area contributed by atoms with Gasteiger partial charge in [-0.1, -0.05) is 6.07 Å². The summed E-state index contributed by atoms with van der Waals surface area (Å²) in [6.07, 6.45) is 6.89. The molecule has 2 N–H and O–H groups in total. The molecule has 4 aromatic rings. The number of nitrogens with zero attached hydrogens (tertiary/aromatic N) is 4. The minimum absolute atomic E-state index is 0.0416. The zero-order valence-corrected chi connectivity index (χ0v) is 17.5. The number of nitrogens with one attached hydrogen (secondary N) is 1. The van der Waals surface area contributed by atoms with Crippen molar-refractivity contribution >= 4 is 28.4 Å². The molecule has 3 aromatic heterocycles. The van der Waals surface area contributed by atoms with E-state index in [1.54, 1.807) is 17.7 Å². The summed E-state index contributed by atoms with van der Waals surface area (Å²) in [6.45, 7) is 1.65. The number of hydrogen-bond acceptors (Lipinski definition) is 6. The predicted octanol–water partition coefficient (Wildman–Crippen LogP) is 3.07. The van der Waals surface area contributed by atoms with Gasteiger partial charge in [0, 0.05) is 35.6 Å². The molecule has 0 radical (unpaired) electrons. The zero-order chi connectivity index (χ0) is 23.5. The average molecular weight is 451 g/mol. The van der Waals surface area contributed by atoms with E-state index in [1.165, 1.54) is 37.1 Å². The number of fused-ring (bicyclic) bond motifs is 1. The van der Waals surface area contributed by atoms with Gasteiger partial charge in [0.25, 0.3) is 0 Å². The van der Waals surface area contributed by atoms with E-state index in [4.69, 9.17) is 0 Å². The minimum Gasteiger partial charge on any atom is -0.394 e. The summed E-state index contributed by atoms with van der Waals surface area (Å²) in [5, 5.41) is 12.6. The van der Waals surface area contributed by atoms with Gasteiger partial charge in [-0.2, -0.15) is 0 Å². The minimum atomic E-state index is -0.817. The Morgan fingerprint density at radius 2 is 1.97 bits per heavy atom. The number of aromatic nitrogens is 4. The third kappa shape index (κ3) is 4.60. The van der Waals surface area contributed by atoms with Gasteiger partial charge in [0.1, 0.15) is 23.6 Å². The molecule has 0 saturated heterocycles. The van der Waals surface area contributed by atoms with Crippen molar-refractivity contribution in [3.05, 3.63) is 83.7 Å². The number of ketones is 1. The van der Waals surface area contributed by atoms with Crippen LogP contribution in [0.5, 0.6) is 0 Å². The van der Waals surface area contributed by atoms with Gasteiger partial charge in [0.15, 0.2) is 5.78 Å². The number of pyridine rings is 1. The molecule has 1 amide bonds. The van der Waals surface area contributed by atoms with Crippen molar-refractivity contribution < 1.29 is 23.5 Å². The number of halogens is 2. The van der Waals surface area contributed by atoms with Crippen LogP contribution >= 0.6 is 0 Å². The monoisotopic (exact) mass is 451 g/mol. The smallest absolute Gasteiger partial charge is 0.228 e. The molecule has 1 atom stereocenters. The maximum Gasteiger partial charge on any atom is 0.228 e. The number of rotatable bonds is 7. The molecule has 0 saturated carbocycles. The first kappa shape index (κ1) is 22.2. The highest BCUT2D eigenvalue weighted by atomic mass is 19.1. The normalized spacial score (nSPS) is 12.0. The molecule has 0 aliphatic heterocycles. The Morgan fingerprint density at radius 1 is 1.15 bits per heavy atom. The summed E-state index contributed by atoms with van der Waals surface area (Å²) in [6, 6.07) is 4.13. The molecule has 8 nitrogen and oxygen atoms in total. The number of anilines is 1. The van der Waals surface area contributed by atoms with E-state index in [9.17, 15) is 23.5 Å². The number of carbonyl (C=O) groups is 2. The summed E-state index contributed by atoms with van der Waals surface area (Å²) < 4.78 is 28.6. The zero-order valence-electron chi connectivity index (χ0n) is 17.5. The molecule has 0 unspecified atom stereocenters. The molecule has 0 aliphatic rings. The van der Waals surface area contributed by atoms with Crippen molar-refractivity contribution in [1.29, 1.82) is 0 Å².